The van der Waals surface area contributed by atoms with Gasteiger partial charge in [-0.1, -0.05) is 78.9 Å². The Morgan fingerprint density at radius 3 is 2.42 bits per heavy atom. The van der Waals surface area contributed by atoms with Crippen LogP contribution in [0.2, 0.25) is 0 Å². The maximum absolute atomic E-state index is 13.6. The van der Waals surface area contributed by atoms with Crippen LogP contribution in [0.4, 0.5) is 5.13 Å². The van der Waals surface area contributed by atoms with Crippen LogP contribution in [0.15, 0.2) is 82.7 Å². The number of hydrogen-bond donors (Lipinski definition) is 1. The lowest BCUT2D eigenvalue weighted by Gasteiger charge is -2.23. The highest BCUT2D eigenvalue weighted by Crippen LogP contribution is 2.45. The largest absolute Gasteiger partial charge is 0.507 e. The quantitative estimate of drug-likeness (QED) is 0.0466. The van der Waals surface area contributed by atoms with Gasteiger partial charge in [-0.3, -0.25) is 14.5 Å². The number of aliphatic hydroxyl groups excluding tert-OH is 1. The summed E-state index contributed by atoms with van der Waals surface area (Å²) in [6.45, 7) is 2.68. The fourth-order valence-electron chi connectivity index (χ4n) is 4.64. The van der Waals surface area contributed by atoms with E-state index >= 15 is 0 Å². The van der Waals surface area contributed by atoms with Crippen LogP contribution >= 0.6 is 23.1 Å². The second-order valence-electron chi connectivity index (χ2n) is 9.63. The molecule has 9 nitrogen and oxygen atoms in total. The number of carbonyl (C=O) groups excluding carboxylic acids is 2. The Labute approximate surface area is 258 Å². The van der Waals surface area contributed by atoms with Crippen molar-refractivity contribution in [1.29, 1.82) is 0 Å². The summed E-state index contributed by atoms with van der Waals surface area (Å²) in [5.74, 6) is 0.221. The molecule has 2 heterocycles. The first-order valence-electron chi connectivity index (χ1n) is 13.7. The third-order valence-electron chi connectivity index (χ3n) is 6.87. The summed E-state index contributed by atoms with van der Waals surface area (Å²) in [4.78, 5) is 28.5. The molecular formula is C32H31N3O6S2. The van der Waals surface area contributed by atoms with E-state index in [0.29, 0.717) is 45.1 Å². The molecular weight excluding hydrogens is 587 g/mol. The number of hydrogen-bond acceptors (Lipinski definition) is 10. The maximum Gasteiger partial charge on any atom is 0.301 e. The van der Waals surface area contributed by atoms with Gasteiger partial charge in [-0.15, -0.1) is 10.2 Å². The molecule has 5 rings (SSSR count). The van der Waals surface area contributed by atoms with Gasteiger partial charge in [0.15, 0.2) is 15.8 Å². The van der Waals surface area contributed by atoms with Crippen molar-refractivity contribution in [3.05, 3.63) is 95.1 Å². The summed E-state index contributed by atoms with van der Waals surface area (Å²) in [6.07, 6.45) is 1.94. The molecule has 1 aromatic heterocycles. The molecule has 4 aromatic rings. The van der Waals surface area contributed by atoms with Gasteiger partial charge in [0.2, 0.25) is 5.13 Å². The van der Waals surface area contributed by atoms with Crippen molar-refractivity contribution in [2.75, 3.05) is 25.7 Å². The molecule has 1 N–H and O–H groups in total. The van der Waals surface area contributed by atoms with Gasteiger partial charge in [0.25, 0.3) is 5.78 Å². The number of anilines is 1. The number of ketones is 1. The minimum Gasteiger partial charge on any atom is -0.507 e. The van der Waals surface area contributed by atoms with Crippen molar-refractivity contribution in [2.24, 2.45) is 0 Å². The SMILES string of the molecule is CCCCOc1ccc([C@@H]2C(=C(O)c3ccc(OC)c(OC)c3)C(=O)C(=O)N2c2nnc(SCc3ccccc3)s2)cc1. The summed E-state index contributed by atoms with van der Waals surface area (Å²) >= 11 is 2.71. The molecule has 0 radical (unpaired) electrons. The van der Waals surface area contributed by atoms with Crippen LogP contribution in [-0.4, -0.2) is 47.8 Å². The predicted molar refractivity (Wildman–Crippen MR) is 167 cm³/mol. The number of amides is 1. The molecule has 43 heavy (non-hydrogen) atoms. The van der Waals surface area contributed by atoms with Crippen LogP contribution in [0.1, 0.15) is 42.5 Å². The van der Waals surface area contributed by atoms with Gasteiger partial charge < -0.3 is 19.3 Å². The van der Waals surface area contributed by atoms with E-state index in [2.05, 4.69) is 17.1 Å². The van der Waals surface area contributed by atoms with Crippen LogP contribution < -0.4 is 19.1 Å². The van der Waals surface area contributed by atoms with E-state index in [9.17, 15) is 14.7 Å². The fraction of sp³-hybridized carbons (Fsp3) is 0.250. The highest BCUT2D eigenvalue weighted by molar-refractivity contribution is 8.00. The number of Topliss-reactive ketones (excluding diaryl/α,β-unsaturated/α-hetero) is 1. The number of rotatable bonds is 12. The number of aliphatic hydroxyl groups is 1. The predicted octanol–water partition coefficient (Wildman–Crippen LogP) is 6.65. The van der Waals surface area contributed by atoms with Crippen molar-refractivity contribution in [1.82, 2.24) is 10.2 Å². The Morgan fingerprint density at radius 1 is 0.977 bits per heavy atom. The summed E-state index contributed by atoms with van der Waals surface area (Å²) < 4.78 is 17.2. The molecule has 0 aliphatic carbocycles. The average Bonchev–Trinajstić information content (AvgIpc) is 3.62. The van der Waals surface area contributed by atoms with E-state index in [1.165, 1.54) is 42.2 Å². The Kier molecular flexibility index (Phi) is 9.63. The molecule has 0 unspecified atom stereocenters. The van der Waals surface area contributed by atoms with Crippen LogP contribution in [0.25, 0.3) is 5.76 Å². The second kappa shape index (κ2) is 13.7. The Balaban J connectivity index is 1.54. The van der Waals surface area contributed by atoms with Gasteiger partial charge in [0, 0.05) is 11.3 Å². The van der Waals surface area contributed by atoms with E-state index in [4.69, 9.17) is 14.2 Å². The van der Waals surface area contributed by atoms with Crippen LogP contribution in [0, 0.1) is 0 Å². The molecule has 1 atom stereocenters. The van der Waals surface area contributed by atoms with Gasteiger partial charge in [-0.2, -0.15) is 0 Å². The van der Waals surface area contributed by atoms with Gasteiger partial charge in [-0.05, 0) is 47.9 Å². The normalized spacial score (nSPS) is 16.0. The van der Waals surface area contributed by atoms with E-state index in [1.807, 2.05) is 30.3 Å². The minimum absolute atomic E-state index is 0.0643. The number of methoxy groups -OCH3 is 2. The van der Waals surface area contributed by atoms with Crippen molar-refractivity contribution >= 4 is 45.7 Å². The number of ether oxygens (including phenoxy) is 3. The van der Waals surface area contributed by atoms with Crippen molar-refractivity contribution in [2.45, 2.75) is 35.9 Å². The molecule has 1 amide bonds. The lowest BCUT2D eigenvalue weighted by atomic mass is 9.95. The van der Waals surface area contributed by atoms with Gasteiger partial charge >= 0.3 is 5.91 Å². The third kappa shape index (κ3) is 6.52. The first kappa shape index (κ1) is 30.1. The zero-order valence-corrected chi connectivity index (χ0v) is 25.6. The lowest BCUT2D eigenvalue weighted by molar-refractivity contribution is -0.132. The highest BCUT2D eigenvalue weighted by atomic mass is 32.2. The van der Waals surface area contributed by atoms with E-state index < -0.39 is 17.7 Å². The first-order chi connectivity index (χ1) is 20.9. The number of aromatic nitrogens is 2. The summed E-state index contributed by atoms with van der Waals surface area (Å²) in [5, 5.41) is 20.4. The van der Waals surface area contributed by atoms with Crippen molar-refractivity contribution in [3.63, 3.8) is 0 Å². The molecule has 0 bridgehead atoms. The Hall–Kier alpha value is -4.35. The highest BCUT2D eigenvalue weighted by Gasteiger charge is 2.48. The van der Waals surface area contributed by atoms with E-state index in [-0.39, 0.29) is 16.5 Å². The zero-order chi connectivity index (χ0) is 30.3. The number of nitrogens with zero attached hydrogens (tertiary/aromatic N) is 3. The number of thioether (sulfide) groups is 1. The first-order valence-corrected chi connectivity index (χ1v) is 15.5. The third-order valence-corrected chi connectivity index (χ3v) is 9.00. The molecule has 11 heteroatoms. The molecule has 222 valence electrons. The fourth-order valence-corrected chi connectivity index (χ4v) is 6.47. The number of benzene rings is 3. The van der Waals surface area contributed by atoms with Gasteiger partial charge in [0.1, 0.15) is 11.5 Å². The van der Waals surface area contributed by atoms with Crippen molar-refractivity contribution in [3.8, 4) is 17.2 Å². The van der Waals surface area contributed by atoms with Crippen LogP contribution in [-0.2, 0) is 15.3 Å². The molecule has 0 saturated carbocycles. The topological polar surface area (TPSA) is 111 Å². The summed E-state index contributed by atoms with van der Waals surface area (Å²) in [7, 11) is 2.99. The Bertz CT molecular complexity index is 1620. The van der Waals surface area contributed by atoms with Crippen LogP contribution in [0.3, 0.4) is 0 Å². The number of carbonyl (C=O) groups is 2. The van der Waals surface area contributed by atoms with Crippen LogP contribution in [0.5, 0.6) is 17.2 Å². The monoisotopic (exact) mass is 617 g/mol. The van der Waals surface area contributed by atoms with Gasteiger partial charge in [0.05, 0.1) is 32.4 Å². The average molecular weight is 618 g/mol. The Morgan fingerprint density at radius 2 is 1.72 bits per heavy atom. The van der Waals surface area contributed by atoms with Crippen molar-refractivity contribution < 1.29 is 28.9 Å². The molecule has 1 saturated heterocycles. The van der Waals surface area contributed by atoms with Gasteiger partial charge in [-0.25, -0.2) is 0 Å². The summed E-state index contributed by atoms with van der Waals surface area (Å²) in [5.41, 5.74) is 1.97. The standard InChI is InChI=1S/C32H31N3O6S2/c1-4-5-17-41-23-14-11-21(12-15-23)27-26(28(36)22-13-16-24(39-2)25(18-22)40-3)29(37)30(38)35(27)31-33-34-32(43-31)42-19-20-9-7-6-8-10-20/h6-16,18,27,36H,4-5,17,19H2,1-3H3/t27-/m1/s1. The number of unbranched alkanes of at least 4 members (excludes halogenated alkanes) is 1. The smallest absolute Gasteiger partial charge is 0.301 e. The minimum atomic E-state index is -0.947. The molecule has 1 aliphatic rings. The summed E-state index contributed by atoms with van der Waals surface area (Å²) in [6, 6.07) is 21.0. The van der Waals surface area contributed by atoms with E-state index in [0.717, 1.165) is 18.4 Å². The maximum atomic E-state index is 13.6. The van der Waals surface area contributed by atoms with E-state index in [1.54, 1.807) is 42.5 Å². The molecule has 1 aliphatic heterocycles. The molecule has 3 aromatic carbocycles. The lowest BCUT2D eigenvalue weighted by Crippen LogP contribution is -2.29. The molecule has 1 fully saturated rings. The zero-order valence-electron chi connectivity index (χ0n) is 24.0. The second-order valence-corrected chi connectivity index (χ2v) is 11.8. The molecule has 0 spiro atoms.